The van der Waals surface area contributed by atoms with E-state index < -0.39 is 23.8 Å². The van der Waals surface area contributed by atoms with E-state index in [9.17, 15) is 24.3 Å². The van der Waals surface area contributed by atoms with Crippen LogP contribution in [0.15, 0.2) is 11.6 Å². The third kappa shape index (κ3) is 5.27. The zero-order chi connectivity index (χ0) is 34.1. The summed E-state index contributed by atoms with van der Waals surface area (Å²) < 4.78 is 0. The second-order valence-corrected chi connectivity index (χ2v) is 17.9. The first-order valence-corrected chi connectivity index (χ1v) is 18.0. The van der Waals surface area contributed by atoms with E-state index in [0.29, 0.717) is 13.0 Å². The van der Waals surface area contributed by atoms with E-state index in [4.69, 9.17) is 5.11 Å². The Morgan fingerprint density at radius 2 is 1.63 bits per heavy atom. The predicted octanol–water partition coefficient (Wildman–Crippen LogP) is 6.16. The van der Waals surface area contributed by atoms with Gasteiger partial charge in [-0.05, 0) is 109 Å². The number of carboxylic acid groups (broad SMARTS) is 1. The van der Waals surface area contributed by atoms with Gasteiger partial charge in [0.1, 0.15) is 6.54 Å². The monoisotopic (exact) mass is 640 g/mol. The van der Waals surface area contributed by atoms with Crippen molar-refractivity contribution >= 4 is 23.6 Å². The Kier molecular flexibility index (Phi) is 8.95. The molecule has 5 aliphatic carbocycles. The summed E-state index contributed by atoms with van der Waals surface area (Å²) in [4.78, 5) is 54.4. The van der Waals surface area contributed by atoms with E-state index in [1.165, 1.54) is 5.57 Å². The van der Waals surface area contributed by atoms with Gasteiger partial charge < -0.3 is 20.4 Å². The highest BCUT2D eigenvalue weighted by Gasteiger charge is 2.70. The lowest BCUT2D eigenvalue weighted by atomic mass is 9.33. The van der Waals surface area contributed by atoms with Crippen LogP contribution in [0, 0.1) is 50.2 Å². The number of rotatable bonds is 8. The molecule has 4 fully saturated rings. The first kappa shape index (κ1) is 35.1. The number of aliphatic hydroxyl groups is 1. The lowest BCUT2D eigenvalue weighted by molar-refractivity contribution is -0.202. The lowest BCUT2D eigenvalue weighted by Gasteiger charge is -2.70. The number of unbranched alkanes of at least 4 members (excludes halogenated alkanes) is 1. The molecule has 0 aliphatic heterocycles. The maximum Gasteiger partial charge on any atom is 0.322 e. The van der Waals surface area contributed by atoms with E-state index in [1.807, 2.05) is 13.0 Å². The number of fused-ring (bicyclic) bond motifs is 7. The Labute approximate surface area is 276 Å². The summed E-state index contributed by atoms with van der Waals surface area (Å²) in [6.07, 6.45) is 11.3. The fraction of sp³-hybridized carbons (Fsp3) is 0.842. The van der Waals surface area contributed by atoms with Crippen molar-refractivity contribution < 1.29 is 29.4 Å². The Bertz CT molecular complexity index is 1310. The third-order valence-electron chi connectivity index (χ3n) is 14.9. The molecule has 46 heavy (non-hydrogen) atoms. The fourth-order valence-electron chi connectivity index (χ4n) is 11.7. The quantitative estimate of drug-likeness (QED) is 0.292. The number of allylic oxidation sites excluding steroid dienone is 2. The van der Waals surface area contributed by atoms with Gasteiger partial charge in [0.2, 0.25) is 11.8 Å². The number of carbonyl (C=O) groups excluding carboxylic acids is 3. The van der Waals surface area contributed by atoms with Crippen LogP contribution in [-0.2, 0) is 19.2 Å². The Morgan fingerprint density at radius 1 is 0.957 bits per heavy atom. The minimum absolute atomic E-state index is 0.000234. The van der Waals surface area contributed by atoms with Crippen molar-refractivity contribution in [1.82, 2.24) is 10.2 Å². The zero-order valence-electron chi connectivity index (χ0n) is 29.8. The summed E-state index contributed by atoms with van der Waals surface area (Å²) in [5.74, 6) is -1.06. The van der Waals surface area contributed by atoms with Crippen molar-refractivity contribution in [2.45, 2.75) is 132 Å². The number of aliphatic hydroxyl groups excluding tert-OH is 1. The van der Waals surface area contributed by atoms with Crippen LogP contribution in [0.1, 0.15) is 126 Å². The lowest BCUT2D eigenvalue weighted by Crippen LogP contribution is -2.66. The van der Waals surface area contributed by atoms with Crippen LogP contribution in [0.5, 0.6) is 0 Å². The fourth-order valence-corrected chi connectivity index (χ4v) is 11.7. The summed E-state index contributed by atoms with van der Waals surface area (Å²) in [7, 11) is 0. The normalized spacial score (nSPS) is 42.8. The van der Waals surface area contributed by atoms with Crippen LogP contribution < -0.4 is 5.32 Å². The molecule has 8 nitrogen and oxygen atoms in total. The number of ketones is 1. The molecular weight excluding hydrogens is 580 g/mol. The SMILES string of the molecule is CCCCN(CC(=O)NCC(=O)O)C(=O)[C@@]1(C)CC[C@]2(C)CC[C@]3(C)C(=CC(=O)[C@@H]4[C@@]5(C)CC[C@H](O)C(C)(C)[C@@H]5CC[C@]43C)[C@@H]2C1. The van der Waals surface area contributed by atoms with Crippen LogP contribution in [0.2, 0.25) is 0 Å². The molecule has 0 aromatic heterocycles. The molecular formula is C38H60N2O6. The summed E-state index contributed by atoms with van der Waals surface area (Å²) in [5.41, 5.74) is -0.199. The van der Waals surface area contributed by atoms with Gasteiger partial charge in [-0.15, -0.1) is 0 Å². The van der Waals surface area contributed by atoms with Gasteiger partial charge in [-0.3, -0.25) is 19.2 Å². The molecule has 0 bridgehead atoms. The minimum Gasteiger partial charge on any atom is -0.480 e. The second kappa shape index (κ2) is 11.7. The second-order valence-electron chi connectivity index (χ2n) is 17.9. The first-order valence-electron chi connectivity index (χ1n) is 18.0. The number of nitrogens with zero attached hydrogens (tertiary/aromatic N) is 1. The number of aliphatic carboxylic acids is 1. The average molecular weight is 641 g/mol. The van der Waals surface area contributed by atoms with Gasteiger partial charge in [0.25, 0.3) is 0 Å². The molecule has 0 aromatic carbocycles. The van der Waals surface area contributed by atoms with Crippen LogP contribution >= 0.6 is 0 Å². The van der Waals surface area contributed by atoms with Crippen molar-refractivity contribution in [2.75, 3.05) is 19.6 Å². The van der Waals surface area contributed by atoms with Gasteiger partial charge in [0.15, 0.2) is 5.78 Å². The van der Waals surface area contributed by atoms with E-state index in [0.717, 1.165) is 64.2 Å². The molecule has 8 heteroatoms. The Morgan fingerprint density at radius 3 is 2.28 bits per heavy atom. The van der Waals surface area contributed by atoms with Crippen LogP contribution in [0.25, 0.3) is 0 Å². The first-order chi connectivity index (χ1) is 21.3. The topological polar surface area (TPSA) is 124 Å². The molecule has 0 spiro atoms. The standard InChI is InChI=1S/C38H60N2O6/c1-9-10-19-40(23-29(43)39-22-30(44)45)32(46)35(5)16-15-34(4)17-18-37(7)24(25(34)21-35)20-26(41)31-36(6)13-12-28(42)33(2,3)27(36)11-14-38(31,37)8/h20,25,27-28,31,42H,9-19,21-23H2,1-8H3,(H,39,43)(H,44,45)/t25-,27-,28-,31+,34+,35-,36-,37+,38+/m0/s1. The van der Waals surface area contributed by atoms with Crippen molar-refractivity contribution in [3.05, 3.63) is 11.6 Å². The Hall–Kier alpha value is -2.22. The molecule has 3 N–H and O–H groups in total. The summed E-state index contributed by atoms with van der Waals surface area (Å²) in [5, 5.41) is 22.5. The molecule has 258 valence electrons. The maximum absolute atomic E-state index is 14.6. The van der Waals surface area contributed by atoms with E-state index in [-0.39, 0.29) is 69.2 Å². The molecule has 5 aliphatic rings. The minimum atomic E-state index is -1.11. The molecule has 5 rings (SSSR count). The van der Waals surface area contributed by atoms with Crippen molar-refractivity contribution in [3.8, 4) is 0 Å². The summed E-state index contributed by atoms with van der Waals surface area (Å²) in [6, 6.07) is 0. The van der Waals surface area contributed by atoms with Gasteiger partial charge >= 0.3 is 5.97 Å². The van der Waals surface area contributed by atoms with Gasteiger partial charge in [0.05, 0.1) is 12.6 Å². The van der Waals surface area contributed by atoms with E-state index in [2.05, 4.69) is 53.8 Å². The van der Waals surface area contributed by atoms with Gasteiger partial charge in [-0.2, -0.15) is 0 Å². The van der Waals surface area contributed by atoms with E-state index >= 15 is 0 Å². The number of nitrogens with one attached hydrogen (secondary N) is 1. The smallest absolute Gasteiger partial charge is 0.322 e. The molecule has 0 radical (unpaired) electrons. The van der Waals surface area contributed by atoms with Gasteiger partial charge in [0, 0.05) is 17.9 Å². The van der Waals surface area contributed by atoms with Crippen molar-refractivity contribution in [2.24, 2.45) is 50.2 Å². The summed E-state index contributed by atoms with van der Waals surface area (Å²) >= 11 is 0. The highest BCUT2D eigenvalue weighted by atomic mass is 16.4. The zero-order valence-corrected chi connectivity index (χ0v) is 29.8. The van der Waals surface area contributed by atoms with Crippen LogP contribution in [0.4, 0.5) is 0 Å². The third-order valence-corrected chi connectivity index (χ3v) is 14.9. The molecule has 2 amide bonds. The highest BCUT2D eigenvalue weighted by Crippen LogP contribution is 2.75. The molecule has 9 atom stereocenters. The highest BCUT2D eigenvalue weighted by molar-refractivity contribution is 5.96. The van der Waals surface area contributed by atoms with E-state index in [1.54, 1.807) is 4.90 Å². The molecule has 0 unspecified atom stereocenters. The Balaban J connectivity index is 1.48. The maximum atomic E-state index is 14.6. The number of carbonyl (C=O) groups is 4. The number of hydrogen-bond donors (Lipinski definition) is 3. The molecule has 0 heterocycles. The van der Waals surface area contributed by atoms with Crippen LogP contribution in [0.3, 0.4) is 0 Å². The number of hydrogen-bond acceptors (Lipinski definition) is 5. The van der Waals surface area contributed by atoms with Crippen molar-refractivity contribution in [3.63, 3.8) is 0 Å². The van der Waals surface area contributed by atoms with Crippen molar-refractivity contribution in [1.29, 1.82) is 0 Å². The predicted molar refractivity (Wildman–Crippen MR) is 178 cm³/mol. The molecule has 0 saturated heterocycles. The largest absolute Gasteiger partial charge is 0.480 e. The summed E-state index contributed by atoms with van der Waals surface area (Å²) in [6.45, 7) is 17.8. The van der Waals surface area contributed by atoms with Crippen LogP contribution in [-0.4, -0.2) is 64.4 Å². The molecule has 4 saturated carbocycles. The van der Waals surface area contributed by atoms with Gasteiger partial charge in [-0.1, -0.05) is 67.4 Å². The average Bonchev–Trinajstić information content (AvgIpc) is 2.98. The number of amides is 2. The number of carboxylic acids is 1. The molecule has 0 aromatic rings. The van der Waals surface area contributed by atoms with Gasteiger partial charge in [-0.25, -0.2) is 0 Å².